The average Bonchev–Trinajstić information content (AvgIpc) is 3.27. The van der Waals surface area contributed by atoms with E-state index in [2.05, 4.69) is 0 Å². The van der Waals surface area contributed by atoms with Gasteiger partial charge in [0.05, 0.1) is 23.8 Å². The van der Waals surface area contributed by atoms with Gasteiger partial charge in [-0.25, -0.2) is 0 Å². The molecule has 1 unspecified atom stereocenters. The summed E-state index contributed by atoms with van der Waals surface area (Å²) in [5.74, 6) is -0.243. The lowest BCUT2D eigenvalue weighted by Crippen LogP contribution is -2.36. The minimum Gasteiger partial charge on any atom is -0.502 e. The summed E-state index contributed by atoms with van der Waals surface area (Å²) >= 11 is 0. The van der Waals surface area contributed by atoms with Crippen molar-refractivity contribution >= 4 is 11.6 Å². The maximum absolute atomic E-state index is 12.9. The van der Waals surface area contributed by atoms with Crippen molar-refractivity contribution in [3.63, 3.8) is 0 Å². The zero-order valence-electron chi connectivity index (χ0n) is 13.5. The number of hydrogen-bond acceptors (Lipinski definition) is 6. The van der Waals surface area contributed by atoms with Gasteiger partial charge in [-0.1, -0.05) is 0 Å². The van der Waals surface area contributed by atoms with E-state index in [1.165, 1.54) is 12.3 Å². The van der Waals surface area contributed by atoms with Gasteiger partial charge in [-0.05, 0) is 37.1 Å². The Kier molecular flexibility index (Phi) is 4.99. The van der Waals surface area contributed by atoms with Crippen LogP contribution in [0, 0.1) is 10.1 Å². The molecule has 1 fully saturated rings. The Morgan fingerprint density at radius 1 is 1.40 bits per heavy atom. The maximum Gasteiger partial charge on any atom is 0.311 e. The number of nitro groups is 1. The number of benzene rings is 1. The Morgan fingerprint density at radius 2 is 2.24 bits per heavy atom. The standard InChI is InChI=1S/C17H18N2O6/c20-16-6-5-12(9-15(16)19(22)23)17(21)18(10-13-3-1-7-24-13)11-14-4-2-8-25-14/h1,3,5-7,9,14,20H,2,4,8,10-11H2. The Bertz CT molecular complexity index is 753. The van der Waals surface area contributed by atoms with Gasteiger partial charge >= 0.3 is 5.69 Å². The van der Waals surface area contributed by atoms with E-state index in [4.69, 9.17) is 9.15 Å². The Morgan fingerprint density at radius 3 is 2.88 bits per heavy atom. The van der Waals surface area contributed by atoms with Crippen molar-refractivity contribution in [3.05, 3.63) is 58.0 Å². The van der Waals surface area contributed by atoms with Crippen molar-refractivity contribution in [1.82, 2.24) is 4.90 Å². The number of hydrogen-bond donors (Lipinski definition) is 1. The van der Waals surface area contributed by atoms with E-state index in [0.717, 1.165) is 25.0 Å². The molecular formula is C17H18N2O6. The third-order valence-electron chi connectivity index (χ3n) is 4.08. The highest BCUT2D eigenvalue weighted by molar-refractivity contribution is 5.95. The fourth-order valence-electron chi connectivity index (χ4n) is 2.83. The molecule has 1 atom stereocenters. The van der Waals surface area contributed by atoms with Gasteiger partial charge in [0, 0.05) is 24.8 Å². The summed E-state index contributed by atoms with van der Waals surface area (Å²) in [7, 11) is 0. The number of amides is 1. The summed E-state index contributed by atoms with van der Waals surface area (Å²) in [6.07, 6.45) is 3.26. The number of nitrogens with zero attached hydrogens (tertiary/aromatic N) is 2. The fraction of sp³-hybridized carbons (Fsp3) is 0.353. The minimum atomic E-state index is -0.719. The van der Waals surface area contributed by atoms with E-state index in [9.17, 15) is 20.0 Å². The van der Waals surface area contributed by atoms with E-state index in [0.29, 0.717) is 18.9 Å². The first kappa shape index (κ1) is 17.0. The number of furan rings is 1. The van der Waals surface area contributed by atoms with Crippen LogP contribution < -0.4 is 0 Å². The van der Waals surface area contributed by atoms with Crippen LogP contribution in [-0.2, 0) is 11.3 Å². The van der Waals surface area contributed by atoms with E-state index in [-0.39, 0.29) is 24.1 Å². The van der Waals surface area contributed by atoms with Crippen LogP contribution in [-0.4, -0.2) is 40.1 Å². The number of carbonyl (C=O) groups excluding carboxylic acids is 1. The molecule has 25 heavy (non-hydrogen) atoms. The summed E-state index contributed by atoms with van der Waals surface area (Å²) in [6, 6.07) is 7.10. The predicted molar refractivity (Wildman–Crippen MR) is 87.2 cm³/mol. The van der Waals surface area contributed by atoms with Gasteiger partial charge in [-0.2, -0.15) is 0 Å². The molecule has 8 nitrogen and oxygen atoms in total. The van der Waals surface area contributed by atoms with Crippen LogP contribution in [0.3, 0.4) is 0 Å². The SMILES string of the molecule is O=C(c1ccc(O)c([N+](=O)[O-])c1)N(Cc1ccco1)CC1CCCO1. The van der Waals surface area contributed by atoms with Crippen molar-refractivity contribution in [2.75, 3.05) is 13.2 Å². The summed E-state index contributed by atoms with van der Waals surface area (Å²) < 4.78 is 10.9. The molecule has 1 amide bonds. The molecule has 2 heterocycles. The molecule has 2 aromatic rings. The van der Waals surface area contributed by atoms with Gasteiger partial charge in [0.25, 0.3) is 5.91 Å². The molecule has 1 aliphatic heterocycles. The molecule has 1 saturated heterocycles. The second-order valence-electron chi connectivity index (χ2n) is 5.86. The minimum absolute atomic E-state index is 0.0639. The molecule has 1 aromatic carbocycles. The summed E-state index contributed by atoms with van der Waals surface area (Å²) in [4.78, 5) is 24.7. The van der Waals surface area contributed by atoms with E-state index < -0.39 is 16.4 Å². The first-order chi connectivity index (χ1) is 12.0. The fourth-order valence-corrected chi connectivity index (χ4v) is 2.83. The lowest BCUT2D eigenvalue weighted by molar-refractivity contribution is -0.385. The van der Waals surface area contributed by atoms with Gasteiger partial charge in [0.2, 0.25) is 0 Å². The van der Waals surface area contributed by atoms with Crippen molar-refractivity contribution in [2.24, 2.45) is 0 Å². The highest BCUT2D eigenvalue weighted by atomic mass is 16.6. The molecule has 1 N–H and O–H groups in total. The maximum atomic E-state index is 12.9. The van der Waals surface area contributed by atoms with Crippen molar-refractivity contribution in [3.8, 4) is 5.75 Å². The number of aromatic hydroxyl groups is 1. The molecule has 0 aliphatic carbocycles. The second kappa shape index (κ2) is 7.35. The lowest BCUT2D eigenvalue weighted by atomic mass is 10.1. The third-order valence-corrected chi connectivity index (χ3v) is 4.08. The molecule has 1 aromatic heterocycles. The Balaban J connectivity index is 1.84. The number of ether oxygens (including phenoxy) is 1. The molecule has 0 spiro atoms. The van der Waals surface area contributed by atoms with Gasteiger partial charge < -0.3 is 19.2 Å². The number of carbonyl (C=O) groups is 1. The summed E-state index contributed by atoms with van der Waals surface area (Å²) in [5.41, 5.74) is -0.366. The monoisotopic (exact) mass is 346 g/mol. The quantitative estimate of drug-likeness (QED) is 0.637. The Labute approximate surface area is 143 Å². The van der Waals surface area contributed by atoms with E-state index in [1.54, 1.807) is 17.0 Å². The van der Waals surface area contributed by atoms with Gasteiger partial charge in [0.1, 0.15) is 5.76 Å². The van der Waals surface area contributed by atoms with Crippen LogP contribution in [0.5, 0.6) is 5.75 Å². The smallest absolute Gasteiger partial charge is 0.311 e. The number of phenolic OH excluding ortho intramolecular Hbond substituents is 1. The lowest BCUT2D eigenvalue weighted by Gasteiger charge is -2.24. The first-order valence-electron chi connectivity index (χ1n) is 7.95. The van der Waals surface area contributed by atoms with Crippen LogP contribution in [0.1, 0.15) is 29.0 Å². The number of phenols is 1. The predicted octanol–water partition coefficient (Wildman–Crippen LogP) is 2.71. The first-order valence-corrected chi connectivity index (χ1v) is 7.95. The Hall–Kier alpha value is -2.87. The highest BCUT2D eigenvalue weighted by Gasteiger charge is 2.26. The van der Waals surface area contributed by atoms with E-state index >= 15 is 0 Å². The van der Waals surface area contributed by atoms with Crippen molar-refractivity contribution in [2.45, 2.75) is 25.5 Å². The van der Waals surface area contributed by atoms with Crippen LogP contribution in [0.15, 0.2) is 41.0 Å². The summed E-state index contributed by atoms with van der Waals surface area (Å²) in [6.45, 7) is 1.27. The summed E-state index contributed by atoms with van der Waals surface area (Å²) in [5, 5.41) is 20.5. The van der Waals surface area contributed by atoms with Crippen LogP contribution in [0.2, 0.25) is 0 Å². The molecule has 1 aliphatic rings. The number of rotatable bonds is 6. The van der Waals surface area contributed by atoms with Gasteiger partial charge in [-0.15, -0.1) is 0 Å². The highest BCUT2D eigenvalue weighted by Crippen LogP contribution is 2.27. The average molecular weight is 346 g/mol. The zero-order valence-corrected chi connectivity index (χ0v) is 13.5. The van der Waals surface area contributed by atoms with E-state index in [1.807, 2.05) is 0 Å². The molecule has 0 bridgehead atoms. The van der Waals surface area contributed by atoms with Crippen molar-refractivity contribution in [1.29, 1.82) is 0 Å². The normalized spacial score (nSPS) is 16.7. The third kappa shape index (κ3) is 3.97. The molecule has 8 heteroatoms. The molecule has 3 rings (SSSR count). The topological polar surface area (TPSA) is 106 Å². The second-order valence-corrected chi connectivity index (χ2v) is 5.86. The van der Waals surface area contributed by atoms with Gasteiger partial charge in [-0.3, -0.25) is 14.9 Å². The van der Waals surface area contributed by atoms with Crippen LogP contribution in [0.4, 0.5) is 5.69 Å². The van der Waals surface area contributed by atoms with Crippen LogP contribution >= 0.6 is 0 Å². The van der Waals surface area contributed by atoms with Gasteiger partial charge in [0.15, 0.2) is 5.75 Å². The molecule has 132 valence electrons. The molecule has 0 saturated carbocycles. The number of nitro benzene ring substituents is 1. The zero-order chi connectivity index (χ0) is 17.8. The van der Waals surface area contributed by atoms with Crippen molar-refractivity contribution < 1.29 is 24.0 Å². The molecule has 0 radical (unpaired) electrons. The largest absolute Gasteiger partial charge is 0.502 e. The van der Waals surface area contributed by atoms with Crippen LogP contribution in [0.25, 0.3) is 0 Å². The molecular weight excluding hydrogens is 328 g/mol.